The molecule has 2 heterocycles. The van der Waals surface area contributed by atoms with Crippen molar-refractivity contribution in [2.45, 2.75) is 26.4 Å². The molecule has 6 heteroatoms. The van der Waals surface area contributed by atoms with Crippen LogP contribution in [0.4, 0.5) is 0 Å². The van der Waals surface area contributed by atoms with Crippen molar-refractivity contribution in [1.29, 1.82) is 0 Å². The van der Waals surface area contributed by atoms with E-state index in [0.717, 1.165) is 45.4 Å². The first-order valence-corrected chi connectivity index (χ1v) is 10.4. The summed E-state index contributed by atoms with van der Waals surface area (Å²) in [5, 5.41) is 6.95. The topological polar surface area (TPSA) is 48.9 Å². The summed E-state index contributed by atoms with van der Waals surface area (Å²) in [7, 11) is 1.82. The summed E-state index contributed by atoms with van der Waals surface area (Å²) >= 11 is 1.82. The summed E-state index contributed by atoms with van der Waals surface area (Å²) in [4.78, 5) is 9.55. The summed E-state index contributed by atoms with van der Waals surface area (Å²) in [5.41, 5.74) is 2.63. The van der Waals surface area contributed by atoms with Gasteiger partial charge in [-0.2, -0.15) is 0 Å². The number of thiophene rings is 1. The molecule has 1 aliphatic heterocycles. The molecule has 0 amide bonds. The highest BCUT2D eigenvalue weighted by molar-refractivity contribution is 7.11. The summed E-state index contributed by atoms with van der Waals surface area (Å²) < 4.78 is 5.55. The van der Waals surface area contributed by atoms with E-state index in [-0.39, 0.29) is 0 Å². The van der Waals surface area contributed by atoms with Crippen molar-refractivity contribution in [2.75, 3.05) is 39.9 Å². The van der Waals surface area contributed by atoms with Gasteiger partial charge < -0.3 is 15.4 Å². The van der Waals surface area contributed by atoms with Gasteiger partial charge in [-0.15, -0.1) is 11.3 Å². The van der Waals surface area contributed by atoms with Gasteiger partial charge in [0.2, 0.25) is 0 Å². The Bertz CT molecular complexity index is 752. The molecular formula is C21H30N4OS. The number of rotatable bonds is 6. The predicted molar refractivity (Wildman–Crippen MR) is 114 cm³/mol. The van der Waals surface area contributed by atoms with E-state index < -0.39 is 0 Å². The molecule has 0 saturated carbocycles. The second kappa shape index (κ2) is 9.88. The summed E-state index contributed by atoms with van der Waals surface area (Å²) in [6.45, 7) is 9.41. The molecule has 1 atom stereocenters. The molecule has 1 aromatic carbocycles. The number of aryl methyl sites for hydroxylation is 2. The number of guanidine groups is 1. The van der Waals surface area contributed by atoms with E-state index in [1.54, 1.807) is 0 Å². The Balaban J connectivity index is 1.63. The lowest BCUT2D eigenvalue weighted by atomic mass is 10.0. The molecule has 0 spiro atoms. The Labute approximate surface area is 166 Å². The van der Waals surface area contributed by atoms with Crippen LogP contribution in [0.1, 0.15) is 26.9 Å². The standard InChI is InChI=1S/C21H30N4OS/c1-16-5-4-6-18(13-16)20(25-9-11-26-12-10-25)15-24-21(22-3)23-14-19-8-7-17(2)27-19/h4-8,13,20H,9-12,14-15H2,1-3H3,(H2,22,23,24). The van der Waals surface area contributed by atoms with Crippen LogP contribution in [0.2, 0.25) is 0 Å². The van der Waals surface area contributed by atoms with E-state index in [2.05, 4.69) is 70.8 Å². The van der Waals surface area contributed by atoms with Crippen molar-refractivity contribution in [2.24, 2.45) is 4.99 Å². The van der Waals surface area contributed by atoms with Crippen molar-refractivity contribution in [3.05, 3.63) is 57.3 Å². The van der Waals surface area contributed by atoms with Gasteiger partial charge in [0, 0.05) is 36.4 Å². The molecule has 0 bridgehead atoms. The highest BCUT2D eigenvalue weighted by atomic mass is 32.1. The van der Waals surface area contributed by atoms with Crippen LogP contribution in [0, 0.1) is 13.8 Å². The minimum absolute atomic E-state index is 0.302. The average Bonchev–Trinajstić information content (AvgIpc) is 3.10. The molecule has 1 aliphatic rings. The van der Waals surface area contributed by atoms with Crippen LogP contribution in [-0.2, 0) is 11.3 Å². The fourth-order valence-corrected chi connectivity index (χ4v) is 4.22. The molecule has 0 aliphatic carbocycles. The maximum absolute atomic E-state index is 5.55. The highest BCUT2D eigenvalue weighted by Gasteiger charge is 2.23. The van der Waals surface area contributed by atoms with Gasteiger partial charge in [0.1, 0.15) is 0 Å². The highest BCUT2D eigenvalue weighted by Crippen LogP contribution is 2.22. The lowest BCUT2D eigenvalue weighted by Crippen LogP contribution is -2.46. The van der Waals surface area contributed by atoms with E-state index in [9.17, 15) is 0 Å². The molecule has 1 fully saturated rings. The minimum atomic E-state index is 0.302. The fraction of sp³-hybridized carbons (Fsp3) is 0.476. The number of morpholine rings is 1. The van der Waals surface area contributed by atoms with Crippen LogP contribution < -0.4 is 10.6 Å². The first-order chi connectivity index (χ1) is 13.2. The number of ether oxygens (including phenoxy) is 1. The number of nitrogens with zero attached hydrogens (tertiary/aromatic N) is 2. The number of benzene rings is 1. The molecule has 27 heavy (non-hydrogen) atoms. The third-order valence-electron chi connectivity index (χ3n) is 4.83. The SMILES string of the molecule is CN=C(NCc1ccc(C)s1)NCC(c1cccc(C)c1)N1CCOCC1. The largest absolute Gasteiger partial charge is 0.379 e. The quantitative estimate of drug-likeness (QED) is 0.592. The first kappa shape index (κ1) is 19.9. The Morgan fingerprint density at radius 2 is 2.00 bits per heavy atom. The number of hydrogen-bond donors (Lipinski definition) is 2. The Hall–Kier alpha value is -1.89. The van der Waals surface area contributed by atoms with Crippen molar-refractivity contribution >= 4 is 17.3 Å². The van der Waals surface area contributed by atoms with Gasteiger partial charge >= 0.3 is 0 Å². The molecule has 3 rings (SSSR count). The Morgan fingerprint density at radius 1 is 1.19 bits per heavy atom. The Morgan fingerprint density at radius 3 is 2.67 bits per heavy atom. The molecule has 1 saturated heterocycles. The van der Waals surface area contributed by atoms with Crippen LogP contribution in [0.3, 0.4) is 0 Å². The number of hydrogen-bond acceptors (Lipinski definition) is 4. The molecule has 5 nitrogen and oxygen atoms in total. The molecule has 2 aromatic rings. The predicted octanol–water partition coefficient (Wildman–Crippen LogP) is 3.10. The summed E-state index contributed by atoms with van der Waals surface area (Å²) in [5.74, 6) is 0.840. The molecule has 1 aromatic heterocycles. The first-order valence-electron chi connectivity index (χ1n) is 9.54. The van der Waals surface area contributed by atoms with Crippen molar-refractivity contribution < 1.29 is 4.74 Å². The number of aliphatic imine (C=N–C) groups is 1. The van der Waals surface area contributed by atoms with E-state index in [1.165, 1.54) is 20.9 Å². The van der Waals surface area contributed by atoms with Gasteiger partial charge in [-0.25, -0.2) is 0 Å². The second-order valence-corrected chi connectivity index (χ2v) is 8.27. The zero-order chi connectivity index (χ0) is 19.1. The van der Waals surface area contributed by atoms with Crippen molar-refractivity contribution in [3.8, 4) is 0 Å². The smallest absolute Gasteiger partial charge is 0.191 e. The lowest BCUT2D eigenvalue weighted by Gasteiger charge is -2.35. The maximum atomic E-state index is 5.55. The lowest BCUT2D eigenvalue weighted by molar-refractivity contribution is 0.0170. The maximum Gasteiger partial charge on any atom is 0.191 e. The van der Waals surface area contributed by atoms with Crippen LogP contribution in [0.15, 0.2) is 41.4 Å². The zero-order valence-corrected chi connectivity index (χ0v) is 17.3. The third kappa shape index (κ3) is 5.79. The number of nitrogens with one attached hydrogen (secondary N) is 2. The molecule has 2 N–H and O–H groups in total. The van der Waals surface area contributed by atoms with Gasteiger partial charge in [-0.3, -0.25) is 9.89 Å². The summed E-state index contributed by atoms with van der Waals surface area (Å²) in [6.07, 6.45) is 0. The minimum Gasteiger partial charge on any atom is -0.379 e. The van der Waals surface area contributed by atoms with Gasteiger partial charge in [0.25, 0.3) is 0 Å². The Kier molecular flexibility index (Phi) is 7.26. The molecule has 0 radical (unpaired) electrons. The van der Waals surface area contributed by atoms with E-state index in [1.807, 2.05) is 18.4 Å². The van der Waals surface area contributed by atoms with Gasteiger partial charge in [0.15, 0.2) is 5.96 Å². The van der Waals surface area contributed by atoms with Gasteiger partial charge in [0.05, 0.1) is 25.8 Å². The fourth-order valence-electron chi connectivity index (χ4n) is 3.39. The average molecular weight is 387 g/mol. The zero-order valence-electron chi connectivity index (χ0n) is 16.5. The molecule has 1 unspecified atom stereocenters. The van der Waals surface area contributed by atoms with Crippen LogP contribution in [0.5, 0.6) is 0 Å². The normalized spacial score (nSPS) is 16.9. The van der Waals surface area contributed by atoms with Crippen molar-refractivity contribution in [3.63, 3.8) is 0 Å². The van der Waals surface area contributed by atoms with E-state index >= 15 is 0 Å². The van der Waals surface area contributed by atoms with Crippen LogP contribution >= 0.6 is 11.3 Å². The van der Waals surface area contributed by atoms with Gasteiger partial charge in [-0.1, -0.05) is 29.8 Å². The van der Waals surface area contributed by atoms with Crippen LogP contribution in [0.25, 0.3) is 0 Å². The van der Waals surface area contributed by atoms with Gasteiger partial charge in [-0.05, 0) is 31.5 Å². The molecule has 146 valence electrons. The third-order valence-corrected chi connectivity index (χ3v) is 5.83. The summed E-state index contributed by atoms with van der Waals surface area (Å²) in [6, 6.07) is 13.4. The van der Waals surface area contributed by atoms with Crippen molar-refractivity contribution in [1.82, 2.24) is 15.5 Å². The monoisotopic (exact) mass is 386 g/mol. The second-order valence-electron chi connectivity index (χ2n) is 6.90. The van der Waals surface area contributed by atoms with E-state index in [4.69, 9.17) is 4.74 Å². The molecular weight excluding hydrogens is 356 g/mol. The van der Waals surface area contributed by atoms with E-state index in [0.29, 0.717) is 6.04 Å². The van der Waals surface area contributed by atoms with Crippen LogP contribution in [-0.4, -0.2) is 50.8 Å².